The summed E-state index contributed by atoms with van der Waals surface area (Å²) in [6.45, 7) is 7.60. The van der Waals surface area contributed by atoms with Crippen molar-refractivity contribution < 1.29 is 22.7 Å². The van der Waals surface area contributed by atoms with Crippen molar-refractivity contribution in [3.63, 3.8) is 0 Å². The van der Waals surface area contributed by atoms with Crippen LogP contribution in [0.3, 0.4) is 0 Å². The highest BCUT2D eigenvalue weighted by molar-refractivity contribution is 7.09. The summed E-state index contributed by atoms with van der Waals surface area (Å²) < 4.78 is 43.4. The number of amides is 2. The number of hydrogen-bond donors (Lipinski definition) is 1. The Kier molecular flexibility index (Phi) is 4.28. The molecule has 1 N–H and O–H groups in total. The lowest BCUT2D eigenvalue weighted by molar-refractivity contribution is -0.140. The average molecular weight is 363 g/mol. The molecule has 5 nitrogen and oxygen atoms in total. The predicted octanol–water partition coefficient (Wildman–Crippen LogP) is 3.29. The topological polar surface area (TPSA) is 54.5 Å². The normalized spacial score (nSPS) is 27.2. The van der Waals surface area contributed by atoms with Crippen LogP contribution in [0.15, 0.2) is 5.38 Å². The molecule has 2 aliphatic heterocycles. The molecule has 2 aliphatic rings. The summed E-state index contributed by atoms with van der Waals surface area (Å²) >= 11 is 0.899. The first-order chi connectivity index (χ1) is 11.1. The molecule has 0 bridgehead atoms. The number of nitrogens with zero attached hydrogens (tertiary/aromatic N) is 2. The van der Waals surface area contributed by atoms with Crippen LogP contribution >= 0.6 is 11.3 Å². The summed E-state index contributed by atoms with van der Waals surface area (Å²) in [5.74, 6) is 0.287. The van der Waals surface area contributed by atoms with E-state index in [4.69, 9.17) is 4.74 Å². The molecule has 3 heterocycles. The Balaban J connectivity index is 1.67. The van der Waals surface area contributed by atoms with Gasteiger partial charge < -0.3 is 15.0 Å². The Morgan fingerprint density at radius 1 is 1.50 bits per heavy atom. The third kappa shape index (κ3) is 3.11. The zero-order chi connectivity index (χ0) is 17.7. The van der Waals surface area contributed by atoms with E-state index in [9.17, 15) is 18.0 Å². The molecule has 0 spiro atoms. The minimum absolute atomic E-state index is 0.0224. The van der Waals surface area contributed by atoms with Crippen molar-refractivity contribution in [1.82, 2.24) is 15.2 Å². The number of likely N-dealkylation sites (tertiary alicyclic amines) is 1. The van der Waals surface area contributed by atoms with Gasteiger partial charge in [-0.3, -0.25) is 0 Å². The number of carbonyl (C=O) groups excluding carboxylic acids is 1. The van der Waals surface area contributed by atoms with Gasteiger partial charge in [-0.15, -0.1) is 11.3 Å². The first-order valence-electron chi connectivity index (χ1n) is 7.77. The van der Waals surface area contributed by atoms with Crippen molar-refractivity contribution in [3.05, 3.63) is 16.1 Å². The largest absolute Gasteiger partial charge is 0.434 e. The minimum atomic E-state index is -4.47. The average Bonchev–Trinajstić information content (AvgIpc) is 3.15. The van der Waals surface area contributed by atoms with Gasteiger partial charge in [0, 0.05) is 17.8 Å². The van der Waals surface area contributed by atoms with Crippen LogP contribution in [0, 0.1) is 11.3 Å². The Morgan fingerprint density at radius 2 is 2.21 bits per heavy atom. The Morgan fingerprint density at radius 3 is 2.83 bits per heavy atom. The maximum atomic E-state index is 12.6. The molecule has 1 unspecified atom stereocenters. The first kappa shape index (κ1) is 17.5. The van der Waals surface area contributed by atoms with Gasteiger partial charge in [-0.25, -0.2) is 9.78 Å². The van der Waals surface area contributed by atoms with Crippen molar-refractivity contribution in [2.45, 2.75) is 39.0 Å². The standard InChI is InChI=1S/C15H20F3N3O2S/c1-8(12-20-11(6-24-12)15(16,17)18)19-13(22)21-7-14(2,3)9-4-23-5-10(9)21/h6,8-10H,4-5,7H2,1-3H3,(H,19,22)/t8?,9-,10+/m1/s1. The van der Waals surface area contributed by atoms with Gasteiger partial charge >= 0.3 is 12.2 Å². The predicted molar refractivity (Wildman–Crippen MR) is 82.6 cm³/mol. The molecule has 3 rings (SSSR count). The van der Waals surface area contributed by atoms with E-state index < -0.39 is 17.9 Å². The highest BCUT2D eigenvalue weighted by Gasteiger charge is 2.51. The van der Waals surface area contributed by atoms with Crippen molar-refractivity contribution >= 4 is 17.4 Å². The summed E-state index contributed by atoms with van der Waals surface area (Å²) in [4.78, 5) is 17.9. The van der Waals surface area contributed by atoms with E-state index in [-0.39, 0.29) is 28.4 Å². The molecular formula is C15H20F3N3O2S. The number of carbonyl (C=O) groups is 1. The van der Waals surface area contributed by atoms with E-state index >= 15 is 0 Å². The molecule has 0 saturated carbocycles. The van der Waals surface area contributed by atoms with Gasteiger partial charge in [0.05, 0.1) is 25.3 Å². The molecule has 24 heavy (non-hydrogen) atoms. The Bertz CT molecular complexity index is 632. The van der Waals surface area contributed by atoms with Crippen LogP contribution in [0.5, 0.6) is 0 Å². The number of halogens is 3. The van der Waals surface area contributed by atoms with Crippen LogP contribution in [0.25, 0.3) is 0 Å². The number of alkyl halides is 3. The number of thiazole rings is 1. The summed E-state index contributed by atoms with van der Waals surface area (Å²) in [6.07, 6.45) is -4.47. The van der Waals surface area contributed by atoms with Gasteiger partial charge in [0.15, 0.2) is 5.69 Å². The van der Waals surface area contributed by atoms with Crippen molar-refractivity contribution in [2.24, 2.45) is 11.3 Å². The number of hydrogen-bond acceptors (Lipinski definition) is 4. The van der Waals surface area contributed by atoms with E-state index in [1.807, 2.05) is 0 Å². The van der Waals surface area contributed by atoms with Gasteiger partial charge in [-0.05, 0) is 12.3 Å². The minimum Gasteiger partial charge on any atom is -0.379 e. The molecule has 2 fully saturated rings. The van der Waals surface area contributed by atoms with Gasteiger partial charge in [-0.1, -0.05) is 13.8 Å². The molecule has 134 valence electrons. The second kappa shape index (κ2) is 5.87. The highest BCUT2D eigenvalue weighted by Crippen LogP contribution is 2.43. The quantitative estimate of drug-likeness (QED) is 0.877. The van der Waals surface area contributed by atoms with Crippen molar-refractivity contribution in [3.8, 4) is 0 Å². The number of nitrogens with one attached hydrogen (secondary N) is 1. The fourth-order valence-corrected chi connectivity index (χ4v) is 4.27. The van der Waals surface area contributed by atoms with Gasteiger partial charge in [-0.2, -0.15) is 13.2 Å². The zero-order valence-electron chi connectivity index (χ0n) is 13.7. The highest BCUT2D eigenvalue weighted by atomic mass is 32.1. The Hall–Kier alpha value is -1.35. The molecule has 1 aromatic rings. The van der Waals surface area contributed by atoms with E-state index in [1.54, 1.807) is 11.8 Å². The van der Waals surface area contributed by atoms with E-state index in [0.717, 1.165) is 16.7 Å². The summed E-state index contributed by atoms with van der Waals surface area (Å²) in [5, 5.41) is 3.98. The molecule has 2 amide bonds. The molecule has 2 saturated heterocycles. The third-order valence-electron chi connectivity index (χ3n) is 4.82. The van der Waals surface area contributed by atoms with Crippen LogP contribution in [-0.4, -0.2) is 41.7 Å². The van der Waals surface area contributed by atoms with Gasteiger partial charge in [0.25, 0.3) is 0 Å². The van der Waals surface area contributed by atoms with E-state index in [1.165, 1.54) is 0 Å². The first-order valence-corrected chi connectivity index (χ1v) is 8.65. The fourth-order valence-electron chi connectivity index (χ4n) is 3.44. The van der Waals surface area contributed by atoms with Crippen LogP contribution in [0.1, 0.15) is 37.5 Å². The number of urea groups is 1. The second-order valence-electron chi connectivity index (χ2n) is 7.07. The van der Waals surface area contributed by atoms with Crippen molar-refractivity contribution in [1.29, 1.82) is 0 Å². The van der Waals surface area contributed by atoms with Crippen LogP contribution in [0.4, 0.5) is 18.0 Å². The molecule has 0 aromatic carbocycles. The van der Waals surface area contributed by atoms with Crippen molar-refractivity contribution in [2.75, 3.05) is 19.8 Å². The number of ether oxygens (including phenoxy) is 1. The summed E-state index contributed by atoms with van der Waals surface area (Å²) in [7, 11) is 0. The lowest BCUT2D eigenvalue weighted by Gasteiger charge is -2.25. The summed E-state index contributed by atoms with van der Waals surface area (Å²) in [6, 6.07) is -0.838. The van der Waals surface area contributed by atoms with Gasteiger partial charge in [0.1, 0.15) is 5.01 Å². The molecular weight excluding hydrogens is 343 g/mol. The molecule has 1 aromatic heterocycles. The molecule has 9 heteroatoms. The summed E-state index contributed by atoms with van der Waals surface area (Å²) in [5.41, 5.74) is -0.956. The molecule has 0 aliphatic carbocycles. The molecule has 0 radical (unpaired) electrons. The van der Waals surface area contributed by atoms with E-state index in [2.05, 4.69) is 24.1 Å². The third-order valence-corrected chi connectivity index (χ3v) is 5.84. The Labute approximate surface area is 142 Å². The SMILES string of the molecule is CC(NC(=O)N1CC(C)(C)[C@@H]2COC[C@@H]21)c1nc(C(F)(F)F)cs1. The lowest BCUT2D eigenvalue weighted by atomic mass is 9.80. The number of fused-ring (bicyclic) bond motifs is 1. The smallest absolute Gasteiger partial charge is 0.379 e. The number of aromatic nitrogens is 1. The van der Waals surface area contributed by atoms with Crippen LogP contribution in [-0.2, 0) is 10.9 Å². The van der Waals surface area contributed by atoms with Crippen LogP contribution < -0.4 is 5.32 Å². The second-order valence-corrected chi connectivity index (χ2v) is 7.96. The maximum Gasteiger partial charge on any atom is 0.434 e. The zero-order valence-corrected chi connectivity index (χ0v) is 14.5. The maximum absolute atomic E-state index is 12.6. The van der Waals surface area contributed by atoms with Crippen LogP contribution in [0.2, 0.25) is 0 Å². The number of rotatable bonds is 2. The lowest BCUT2D eigenvalue weighted by Crippen LogP contribution is -2.45. The van der Waals surface area contributed by atoms with Gasteiger partial charge in [0.2, 0.25) is 0 Å². The van der Waals surface area contributed by atoms with E-state index in [0.29, 0.717) is 19.8 Å². The monoisotopic (exact) mass is 363 g/mol. The molecule has 3 atom stereocenters. The fraction of sp³-hybridized carbons (Fsp3) is 0.733.